The fraction of sp³-hybridized carbons (Fsp3) is 0.467. The van der Waals surface area contributed by atoms with Crippen molar-refractivity contribution in [3.63, 3.8) is 0 Å². The lowest BCUT2D eigenvalue weighted by molar-refractivity contribution is -0.187. The minimum Gasteiger partial charge on any atom is -0.334 e. The van der Waals surface area contributed by atoms with Crippen LogP contribution < -0.4 is 5.32 Å². The van der Waals surface area contributed by atoms with Crippen LogP contribution in [0, 0.1) is 12.8 Å². The van der Waals surface area contributed by atoms with Crippen molar-refractivity contribution in [2.75, 3.05) is 18.4 Å². The maximum Gasteiger partial charge on any atom is 0.471 e. The van der Waals surface area contributed by atoms with Crippen molar-refractivity contribution < 1.29 is 22.8 Å². The van der Waals surface area contributed by atoms with Crippen molar-refractivity contribution in [2.24, 2.45) is 5.92 Å². The maximum atomic E-state index is 12.5. The molecule has 0 bridgehead atoms. The summed E-state index contributed by atoms with van der Waals surface area (Å²) in [4.78, 5) is 24.2. The van der Waals surface area contributed by atoms with Crippen LogP contribution in [0.15, 0.2) is 18.2 Å². The molecule has 2 rings (SSSR count). The molecule has 126 valence electrons. The maximum absolute atomic E-state index is 12.5. The molecule has 1 atom stereocenters. The third-order valence-corrected chi connectivity index (χ3v) is 4.00. The Morgan fingerprint density at radius 2 is 2.04 bits per heavy atom. The zero-order chi connectivity index (χ0) is 17.2. The number of alkyl halides is 3. The van der Waals surface area contributed by atoms with Crippen LogP contribution in [0.2, 0.25) is 5.02 Å². The second-order valence-corrected chi connectivity index (χ2v) is 5.97. The molecule has 2 amide bonds. The van der Waals surface area contributed by atoms with Crippen molar-refractivity contribution in [2.45, 2.75) is 25.9 Å². The van der Waals surface area contributed by atoms with Gasteiger partial charge in [0.2, 0.25) is 5.91 Å². The molecule has 1 N–H and O–H groups in total. The van der Waals surface area contributed by atoms with E-state index in [-0.39, 0.29) is 13.1 Å². The molecule has 1 aromatic rings. The van der Waals surface area contributed by atoms with Crippen LogP contribution in [0.5, 0.6) is 0 Å². The highest BCUT2D eigenvalue weighted by Crippen LogP contribution is 2.25. The lowest BCUT2D eigenvalue weighted by Gasteiger charge is -2.32. The van der Waals surface area contributed by atoms with Crippen molar-refractivity contribution in [1.82, 2.24) is 4.90 Å². The van der Waals surface area contributed by atoms with Gasteiger partial charge in [-0.15, -0.1) is 0 Å². The van der Waals surface area contributed by atoms with Gasteiger partial charge in [0.1, 0.15) is 0 Å². The molecule has 0 saturated carbocycles. The molecule has 4 nitrogen and oxygen atoms in total. The third kappa shape index (κ3) is 4.37. The molecule has 1 saturated heterocycles. The number of piperidine rings is 1. The number of carbonyl (C=O) groups is 2. The normalized spacial score (nSPS) is 18.7. The minimum atomic E-state index is -4.91. The van der Waals surface area contributed by atoms with Crippen molar-refractivity contribution in [3.05, 3.63) is 28.8 Å². The van der Waals surface area contributed by atoms with Crippen LogP contribution >= 0.6 is 11.6 Å². The first kappa shape index (κ1) is 17.6. The average molecular weight is 349 g/mol. The zero-order valence-electron chi connectivity index (χ0n) is 12.4. The Balaban J connectivity index is 2.03. The van der Waals surface area contributed by atoms with E-state index in [4.69, 9.17) is 11.6 Å². The molecule has 23 heavy (non-hydrogen) atoms. The number of aryl methyl sites for hydroxylation is 1. The first-order chi connectivity index (χ1) is 10.7. The van der Waals surface area contributed by atoms with E-state index in [1.807, 2.05) is 0 Å². The SMILES string of the molecule is Cc1cc(Cl)ccc1NC(=O)C1CCCN(C(=O)C(F)(F)F)C1. The lowest BCUT2D eigenvalue weighted by Crippen LogP contribution is -2.48. The standard InChI is InChI=1S/C15H16ClF3N2O2/c1-9-7-11(16)4-5-12(9)20-13(22)10-3-2-6-21(8-10)14(23)15(17,18)19/h4-5,7,10H,2-3,6,8H2,1H3,(H,20,22). The van der Waals surface area contributed by atoms with Gasteiger partial charge in [0.05, 0.1) is 5.92 Å². The summed E-state index contributed by atoms with van der Waals surface area (Å²) in [5.41, 5.74) is 1.31. The van der Waals surface area contributed by atoms with E-state index in [0.29, 0.717) is 28.5 Å². The monoisotopic (exact) mass is 348 g/mol. The van der Waals surface area contributed by atoms with E-state index in [1.54, 1.807) is 25.1 Å². The number of hydrogen-bond donors (Lipinski definition) is 1. The molecule has 1 aliphatic rings. The van der Waals surface area contributed by atoms with E-state index >= 15 is 0 Å². The summed E-state index contributed by atoms with van der Waals surface area (Å²) in [5.74, 6) is -2.95. The summed E-state index contributed by atoms with van der Waals surface area (Å²) in [6.45, 7) is 1.56. The molecule has 8 heteroatoms. The quantitative estimate of drug-likeness (QED) is 0.890. The van der Waals surface area contributed by atoms with Crippen molar-refractivity contribution in [1.29, 1.82) is 0 Å². The Bertz CT molecular complexity index is 619. The molecular weight excluding hydrogens is 333 g/mol. The predicted molar refractivity (Wildman–Crippen MR) is 80.2 cm³/mol. The van der Waals surface area contributed by atoms with Gasteiger partial charge in [-0.05, 0) is 43.5 Å². The van der Waals surface area contributed by atoms with Crippen LogP contribution in [0.1, 0.15) is 18.4 Å². The number of nitrogens with one attached hydrogen (secondary N) is 1. The van der Waals surface area contributed by atoms with Crippen LogP contribution in [0.3, 0.4) is 0 Å². The number of carbonyl (C=O) groups excluding carboxylic acids is 2. The topological polar surface area (TPSA) is 49.4 Å². The summed E-state index contributed by atoms with van der Waals surface area (Å²) in [6, 6.07) is 4.93. The summed E-state index contributed by atoms with van der Waals surface area (Å²) in [5, 5.41) is 3.22. The van der Waals surface area contributed by atoms with Gasteiger partial charge in [-0.2, -0.15) is 13.2 Å². The number of amides is 2. The molecule has 0 radical (unpaired) electrons. The van der Waals surface area contributed by atoms with Gasteiger partial charge in [0.15, 0.2) is 0 Å². The molecule has 0 aromatic heterocycles. The summed E-state index contributed by atoms with van der Waals surface area (Å²) < 4.78 is 37.5. The van der Waals surface area contributed by atoms with E-state index in [2.05, 4.69) is 5.32 Å². The smallest absolute Gasteiger partial charge is 0.334 e. The van der Waals surface area contributed by atoms with Crippen LogP contribution in [0.4, 0.5) is 18.9 Å². The summed E-state index contributed by atoms with van der Waals surface area (Å²) in [7, 11) is 0. The van der Waals surface area contributed by atoms with Gasteiger partial charge in [0.25, 0.3) is 0 Å². The van der Waals surface area contributed by atoms with Crippen LogP contribution in [0.25, 0.3) is 0 Å². The highest BCUT2D eigenvalue weighted by molar-refractivity contribution is 6.30. The molecule has 0 aliphatic carbocycles. The Hall–Kier alpha value is -1.76. The summed E-state index contributed by atoms with van der Waals surface area (Å²) >= 11 is 5.84. The number of hydrogen-bond acceptors (Lipinski definition) is 2. The van der Waals surface area contributed by atoms with Gasteiger partial charge in [-0.25, -0.2) is 0 Å². The molecular formula is C15H16ClF3N2O2. The number of anilines is 1. The van der Waals surface area contributed by atoms with Gasteiger partial charge < -0.3 is 10.2 Å². The largest absolute Gasteiger partial charge is 0.471 e. The Morgan fingerprint density at radius 1 is 1.35 bits per heavy atom. The minimum absolute atomic E-state index is 0.0160. The molecule has 1 aliphatic heterocycles. The van der Waals surface area contributed by atoms with Gasteiger partial charge in [-0.1, -0.05) is 11.6 Å². The van der Waals surface area contributed by atoms with Crippen LogP contribution in [-0.4, -0.2) is 36.0 Å². The zero-order valence-corrected chi connectivity index (χ0v) is 13.2. The number of likely N-dealkylation sites (tertiary alicyclic amines) is 1. The second-order valence-electron chi connectivity index (χ2n) is 5.54. The van der Waals surface area contributed by atoms with E-state index in [0.717, 1.165) is 5.56 Å². The van der Waals surface area contributed by atoms with E-state index < -0.39 is 23.9 Å². The van der Waals surface area contributed by atoms with Crippen molar-refractivity contribution >= 4 is 29.1 Å². The fourth-order valence-corrected chi connectivity index (χ4v) is 2.78. The Kier molecular flexibility index (Phi) is 5.19. The number of nitrogens with zero attached hydrogens (tertiary/aromatic N) is 1. The second kappa shape index (κ2) is 6.78. The predicted octanol–water partition coefficient (Wildman–Crippen LogP) is 3.39. The Morgan fingerprint density at radius 3 is 2.65 bits per heavy atom. The highest BCUT2D eigenvalue weighted by atomic mass is 35.5. The van der Waals surface area contributed by atoms with Crippen molar-refractivity contribution in [3.8, 4) is 0 Å². The molecule has 1 fully saturated rings. The number of halogens is 4. The highest BCUT2D eigenvalue weighted by Gasteiger charge is 2.44. The first-order valence-electron chi connectivity index (χ1n) is 7.11. The van der Waals surface area contributed by atoms with Gasteiger partial charge in [-0.3, -0.25) is 9.59 Å². The van der Waals surface area contributed by atoms with Gasteiger partial charge >= 0.3 is 12.1 Å². The van der Waals surface area contributed by atoms with E-state index in [9.17, 15) is 22.8 Å². The summed E-state index contributed by atoms with van der Waals surface area (Å²) in [6.07, 6.45) is -4.11. The molecule has 1 aromatic carbocycles. The number of rotatable bonds is 2. The van der Waals surface area contributed by atoms with Crippen LogP contribution in [-0.2, 0) is 9.59 Å². The molecule has 1 heterocycles. The molecule has 0 spiro atoms. The van der Waals surface area contributed by atoms with E-state index in [1.165, 1.54) is 0 Å². The third-order valence-electron chi connectivity index (χ3n) is 3.77. The Labute approximate surface area is 136 Å². The first-order valence-corrected chi connectivity index (χ1v) is 7.49. The van der Waals surface area contributed by atoms with Gasteiger partial charge in [0, 0.05) is 23.8 Å². The number of benzene rings is 1. The molecule has 1 unspecified atom stereocenters. The average Bonchev–Trinajstić information content (AvgIpc) is 2.48. The lowest BCUT2D eigenvalue weighted by atomic mass is 9.96. The fourth-order valence-electron chi connectivity index (χ4n) is 2.56.